The summed E-state index contributed by atoms with van der Waals surface area (Å²) in [6.45, 7) is 10.5. The number of benzene rings is 1. The topological polar surface area (TPSA) is 12.0 Å². The van der Waals surface area contributed by atoms with Gasteiger partial charge >= 0.3 is 0 Å². The van der Waals surface area contributed by atoms with Crippen molar-refractivity contribution in [3.05, 3.63) is 35.4 Å². The SMILES string of the molecule is CCNCC#Cc1ccc(C(C)(C)C)cc1. The molecule has 0 saturated carbocycles. The number of hydrogen-bond acceptors (Lipinski definition) is 1. The van der Waals surface area contributed by atoms with Crippen LogP contribution in [0.5, 0.6) is 0 Å². The van der Waals surface area contributed by atoms with E-state index in [1.165, 1.54) is 5.56 Å². The van der Waals surface area contributed by atoms with E-state index in [0.717, 1.165) is 18.7 Å². The number of rotatable bonds is 2. The Kier molecular flexibility index (Phi) is 4.58. The zero-order valence-corrected chi connectivity index (χ0v) is 10.7. The summed E-state index contributed by atoms with van der Waals surface area (Å²) in [6.07, 6.45) is 0. The molecule has 0 aliphatic carbocycles. The van der Waals surface area contributed by atoms with E-state index >= 15 is 0 Å². The summed E-state index contributed by atoms with van der Waals surface area (Å²) in [7, 11) is 0. The van der Waals surface area contributed by atoms with Crippen LogP contribution in [0.15, 0.2) is 24.3 Å². The minimum absolute atomic E-state index is 0.218. The van der Waals surface area contributed by atoms with Gasteiger partial charge in [0.05, 0.1) is 6.54 Å². The van der Waals surface area contributed by atoms with Crippen LogP contribution < -0.4 is 5.32 Å². The van der Waals surface area contributed by atoms with Crippen LogP contribution in [0.25, 0.3) is 0 Å². The molecular weight excluding hydrogens is 194 g/mol. The van der Waals surface area contributed by atoms with Crippen molar-refractivity contribution in [2.75, 3.05) is 13.1 Å². The Balaban J connectivity index is 2.67. The molecule has 0 aliphatic rings. The Labute approximate surface area is 99.3 Å². The molecule has 0 aromatic heterocycles. The Hall–Kier alpha value is -1.26. The fraction of sp³-hybridized carbons (Fsp3) is 0.467. The molecule has 16 heavy (non-hydrogen) atoms. The fourth-order valence-corrected chi connectivity index (χ4v) is 1.39. The third-order valence-corrected chi connectivity index (χ3v) is 2.45. The summed E-state index contributed by atoms with van der Waals surface area (Å²) in [5, 5.41) is 3.18. The Morgan fingerprint density at radius 3 is 2.25 bits per heavy atom. The zero-order valence-electron chi connectivity index (χ0n) is 10.7. The predicted octanol–water partition coefficient (Wildman–Crippen LogP) is 2.95. The molecule has 1 aromatic carbocycles. The first-order valence-electron chi connectivity index (χ1n) is 5.84. The minimum Gasteiger partial charge on any atom is -0.306 e. The minimum atomic E-state index is 0.218. The molecule has 0 saturated heterocycles. The van der Waals surface area contributed by atoms with Gasteiger partial charge in [0.15, 0.2) is 0 Å². The highest BCUT2D eigenvalue weighted by atomic mass is 14.8. The van der Waals surface area contributed by atoms with Gasteiger partial charge < -0.3 is 5.32 Å². The van der Waals surface area contributed by atoms with Crippen LogP contribution in [0.1, 0.15) is 38.8 Å². The van der Waals surface area contributed by atoms with Gasteiger partial charge in [-0.2, -0.15) is 0 Å². The molecular formula is C15H21N. The maximum atomic E-state index is 3.18. The van der Waals surface area contributed by atoms with Crippen LogP contribution >= 0.6 is 0 Å². The van der Waals surface area contributed by atoms with Gasteiger partial charge in [-0.15, -0.1) is 0 Å². The number of nitrogens with one attached hydrogen (secondary N) is 1. The second-order valence-electron chi connectivity index (χ2n) is 4.91. The molecule has 0 fully saturated rings. The van der Waals surface area contributed by atoms with Crippen LogP contribution in [0, 0.1) is 11.8 Å². The number of hydrogen-bond donors (Lipinski definition) is 1. The van der Waals surface area contributed by atoms with E-state index < -0.39 is 0 Å². The quantitative estimate of drug-likeness (QED) is 0.591. The normalized spacial score (nSPS) is 10.8. The van der Waals surface area contributed by atoms with Crippen molar-refractivity contribution in [3.8, 4) is 11.8 Å². The monoisotopic (exact) mass is 215 g/mol. The first-order valence-corrected chi connectivity index (χ1v) is 5.84. The lowest BCUT2D eigenvalue weighted by molar-refractivity contribution is 0.590. The molecule has 1 rings (SSSR count). The lowest BCUT2D eigenvalue weighted by Gasteiger charge is -2.18. The van der Waals surface area contributed by atoms with E-state index in [2.05, 4.69) is 69.1 Å². The molecule has 0 spiro atoms. The summed E-state index contributed by atoms with van der Waals surface area (Å²) < 4.78 is 0. The van der Waals surface area contributed by atoms with E-state index in [0.29, 0.717) is 0 Å². The second-order valence-corrected chi connectivity index (χ2v) is 4.91. The molecule has 0 atom stereocenters. The Morgan fingerprint density at radius 1 is 1.12 bits per heavy atom. The van der Waals surface area contributed by atoms with Gasteiger partial charge in [0.2, 0.25) is 0 Å². The van der Waals surface area contributed by atoms with Crippen molar-refractivity contribution in [2.24, 2.45) is 0 Å². The van der Waals surface area contributed by atoms with Crippen molar-refractivity contribution in [1.29, 1.82) is 0 Å². The van der Waals surface area contributed by atoms with Gasteiger partial charge in [-0.3, -0.25) is 0 Å². The molecule has 0 amide bonds. The van der Waals surface area contributed by atoms with Crippen molar-refractivity contribution in [1.82, 2.24) is 5.32 Å². The van der Waals surface area contributed by atoms with Crippen molar-refractivity contribution < 1.29 is 0 Å². The van der Waals surface area contributed by atoms with E-state index in [9.17, 15) is 0 Å². The van der Waals surface area contributed by atoms with Crippen LogP contribution in [-0.4, -0.2) is 13.1 Å². The first kappa shape index (κ1) is 12.8. The van der Waals surface area contributed by atoms with Gasteiger partial charge in [0.1, 0.15) is 0 Å². The van der Waals surface area contributed by atoms with Gasteiger partial charge in [-0.25, -0.2) is 0 Å². The zero-order chi connectivity index (χ0) is 12.0. The third-order valence-electron chi connectivity index (χ3n) is 2.45. The van der Waals surface area contributed by atoms with E-state index in [-0.39, 0.29) is 5.41 Å². The molecule has 0 radical (unpaired) electrons. The smallest absolute Gasteiger partial charge is 0.0580 e. The largest absolute Gasteiger partial charge is 0.306 e. The van der Waals surface area contributed by atoms with E-state index in [4.69, 9.17) is 0 Å². The van der Waals surface area contributed by atoms with Gasteiger partial charge in [-0.05, 0) is 29.7 Å². The standard InChI is InChI=1S/C15H21N/c1-5-16-12-6-7-13-8-10-14(11-9-13)15(2,3)4/h8-11,16H,5,12H2,1-4H3. The highest BCUT2D eigenvalue weighted by Gasteiger charge is 2.12. The molecule has 0 unspecified atom stereocenters. The van der Waals surface area contributed by atoms with Crippen LogP contribution in [0.2, 0.25) is 0 Å². The summed E-state index contributed by atoms with van der Waals surface area (Å²) in [4.78, 5) is 0. The molecule has 1 heteroatoms. The predicted molar refractivity (Wildman–Crippen MR) is 70.6 cm³/mol. The van der Waals surface area contributed by atoms with Gasteiger partial charge in [-0.1, -0.05) is 51.7 Å². The molecule has 0 heterocycles. The van der Waals surface area contributed by atoms with Crippen LogP contribution in [0.4, 0.5) is 0 Å². The van der Waals surface area contributed by atoms with Crippen molar-refractivity contribution in [2.45, 2.75) is 33.1 Å². The van der Waals surface area contributed by atoms with Crippen LogP contribution in [-0.2, 0) is 5.41 Å². The molecule has 0 aliphatic heterocycles. The fourth-order valence-electron chi connectivity index (χ4n) is 1.39. The first-order chi connectivity index (χ1) is 7.54. The highest BCUT2D eigenvalue weighted by molar-refractivity contribution is 5.38. The molecule has 86 valence electrons. The van der Waals surface area contributed by atoms with Crippen LogP contribution in [0.3, 0.4) is 0 Å². The molecule has 1 aromatic rings. The van der Waals surface area contributed by atoms with Crippen molar-refractivity contribution >= 4 is 0 Å². The summed E-state index contributed by atoms with van der Waals surface area (Å²) in [6, 6.07) is 8.52. The summed E-state index contributed by atoms with van der Waals surface area (Å²) in [5.74, 6) is 6.25. The maximum Gasteiger partial charge on any atom is 0.0580 e. The molecule has 1 N–H and O–H groups in total. The second kappa shape index (κ2) is 5.72. The van der Waals surface area contributed by atoms with E-state index in [1.807, 2.05) is 0 Å². The van der Waals surface area contributed by atoms with Gasteiger partial charge in [0.25, 0.3) is 0 Å². The average molecular weight is 215 g/mol. The maximum absolute atomic E-state index is 3.18. The van der Waals surface area contributed by atoms with Crippen molar-refractivity contribution in [3.63, 3.8) is 0 Å². The third kappa shape index (κ3) is 4.08. The highest BCUT2D eigenvalue weighted by Crippen LogP contribution is 2.21. The Morgan fingerprint density at radius 2 is 1.75 bits per heavy atom. The van der Waals surface area contributed by atoms with E-state index in [1.54, 1.807) is 0 Å². The van der Waals surface area contributed by atoms with Gasteiger partial charge in [0, 0.05) is 5.56 Å². The average Bonchev–Trinajstić information content (AvgIpc) is 2.24. The summed E-state index contributed by atoms with van der Waals surface area (Å²) in [5.41, 5.74) is 2.66. The summed E-state index contributed by atoms with van der Waals surface area (Å²) >= 11 is 0. The molecule has 0 bridgehead atoms. The molecule has 1 nitrogen and oxygen atoms in total. The Bertz CT molecular complexity index is 371. The lowest BCUT2D eigenvalue weighted by atomic mass is 9.87. The lowest BCUT2D eigenvalue weighted by Crippen LogP contribution is -2.12.